The normalized spacial score (nSPS) is 12.0. The van der Waals surface area contributed by atoms with Gasteiger partial charge in [-0.3, -0.25) is 4.79 Å². The molecule has 18 heavy (non-hydrogen) atoms. The number of rotatable bonds is 5. The van der Waals surface area contributed by atoms with Crippen molar-refractivity contribution in [1.82, 2.24) is 0 Å². The third-order valence-electron chi connectivity index (χ3n) is 2.07. The number of Topliss-reactive ketones (excluding diaryl/α,β-unsaturated/α-hetero) is 1. The summed E-state index contributed by atoms with van der Waals surface area (Å²) in [5, 5.41) is 0. The molecule has 0 amide bonds. The number of ketones is 1. The zero-order chi connectivity index (χ0) is 13.9. The highest BCUT2D eigenvalue weighted by Gasteiger charge is 2.48. The van der Waals surface area contributed by atoms with E-state index in [0.717, 1.165) is 12.1 Å². The molecule has 0 fully saturated rings. The van der Waals surface area contributed by atoms with Crippen molar-refractivity contribution in [3.05, 3.63) is 29.8 Å². The molecule has 0 spiro atoms. The predicted molar refractivity (Wildman–Crippen MR) is 57.5 cm³/mol. The molecule has 0 atom stereocenters. The molecule has 1 aromatic rings. The van der Waals surface area contributed by atoms with Crippen LogP contribution in [-0.2, 0) is 0 Å². The summed E-state index contributed by atoms with van der Waals surface area (Å²) in [6.07, 6.45) is -4.13. The molecular formula is C12H12F4O2. The van der Waals surface area contributed by atoms with Gasteiger partial charge in [0.05, 0.1) is 6.10 Å². The summed E-state index contributed by atoms with van der Waals surface area (Å²) in [6, 6.07) is 4.65. The molecule has 0 aliphatic rings. The van der Waals surface area contributed by atoms with Crippen LogP contribution in [0.3, 0.4) is 0 Å². The molecular weight excluding hydrogens is 252 g/mol. The fourth-order valence-electron chi connectivity index (χ4n) is 1.25. The summed E-state index contributed by atoms with van der Waals surface area (Å²) in [6.45, 7) is 3.54. The van der Waals surface area contributed by atoms with Crippen LogP contribution in [0, 0.1) is 0 Å². The number of ether oxygens (including phenoxy) is 1. The topological polar surface area (TPSA) is 26.3 Å². The van der Waals surface area contributed by atoms with E-state index < -0.39 is 23.7 Å². The Balaban J connectivity index is 2.89. The summed E-state index contributed by atoms with van der Waals surface area (Å²) in [5.74, 6) is -6.18. The molecule has 6 heteroatoms. The van der Waals surface area contributed by atoms with Crippen LogP contribution in [0.1, 0.15) is 24.2 Å². The van der Waals surface area contributed by atoms with Gasteiger partial charge >= 0.3 is 12.3 Å². The van der Waals surface area contributed by atoms with Gasteiger partial charge in [0.15, 0.2) is 0 Å². The van der Waals surface area contributed by atoms with Crippen LogP contribution >= 0.6 is 0 Å². The largest absolute Gasteiger partial charge is 0.491 e. The molecule has 0 heterocycles. The fourth-order valence-corrected chi connectivity index (χ4v) is 1.25. The van der Waals surface area contributed by atoms with Gasteiger partial charge in [-0.25, -0.2) is 8.78 Å². The number of benzene rings is 1. The molecule has 0 aliphatic heterocycles. The second-order valence-electron chi connectivity index (χ2n) is 3.94. The van der Waals surface area contributed by atoms with Gasteiger partial charge in [0.2, 0.25) is 5.78 Å². The molecule has 0 aromatic heterocycles. The predicted octanol–water partition coefficient (Wildman–Crippen LogP) is 3.56. The first kappa shape index (κ1) is 14.5. The van der Waals surface area contributed by atoms with Crippen molar-refractivity contribution in [2.75, 3.05) is 0 Å². The Morgan fingerprint density at radius 1 is 1.17 bits per heavy atom. The highest BCUT2D eigenvalue weighted by molar-refractivity contribution is 6.01. The Bertz CT molecular complexity index is 413. The average Bonchev–Trinajstić information content (AvgIpc) is 2.28. The van der Waals surface area contributed by atoms with Crippen LogP contribution in [0.5, 0.6) is 5.75 Å². The smallest absolute Gasteiger partial charge is 0.368 e. The van der Waals surface area contributed by atoms with E-state index in [9.17, 15) is 22.4 Å². The van der Waals surface area contributed by atoms with E-state index in [1.165, 1.54) is 12.1 Å². The maximum atomic E-state index is 12.8. The lowest BCUT2D eigenvalue weighted by Crippen LogP contribution is -2.36. The van der Waals surface area contributed by atoms with Gasteiger partial charge in [0.1, 0.15) is 5.75 Å². The van der Waals surface area contributed by atoms with Crippen molar-refractivity contribution >= 4 is 5.78 Å². The van der Waals surface area contributed by atoms with E-state index in [1.807, 2.05) is 0 Å². The molecule has 1 aromatic carbocycles. The van der Waals surface area contributed by atoms with Gasteiger partial charge in [0.25, 0.3) is 0 Å². The van der Waals surface area contributed by atoms with Crippen LogP contribution in [0.15, 0.2) is 24.3 Å². The summed E-state index contributed by atoms with van der Waals surface area (Å²) in [7, 11) is 0. The monoisotopic (exact) mass is 264 g/mol. The number of carbonyl (C=O) groups is 1. The van der Waals surface area contributed by atoms with Gasteiger partial charge in [-0.15, -0.1) is 0 Å². The Labute approximate surface area is 102 Å². The zero-order valence-corrected chi connectivity index (χ0v) is 9.79. The summed E-state index contributed by atoms with van der Waals surface area (Å²) in [5.41, 5.74) is -0.476. The van der Waals surface area contributed by atoms with Crippen LogP contribution in [0.25, 0.3) is 0 Å². The van der Waals surface area contributed by atoms with Gasteiger partial charge in [-0.2, -0.15) is 8.78 Å². The Kier molecular flexibility index (Phi) is 4.32. The minimum absolute atomic E-state index is 0.117. The molecule has 0 bridgehead atoms. The first-order chi connectivity index (χ1) is 8.25. The van der Waals surface area contributed by atoms with Crippen molar-refractivity contribution in [3.8, 4) is 5.75 Å². The van der Waals surface area contributed by atoms with E-state index in [-0.39, 0.29) is 6.10 Å². The minimum Gasteiger partial charge on any atom is -0.491 e. The maximum absolute atomic E-state index is 12.8. The first-order valence-electron chi connectivity index (χ1n) is 5.22. The number of carbonyl (C=O) groups excluding carboxylic acids is 1. The molecule has 0 N–H and O–H groups in total. The highest BCUT2D eigenvalue weighted by atomic mass is 19.3. The lowest BCUT2D eigenvalue weighted by atomic mass is 10.1. The van der Waals surface area contributed by atoms with E-state index in [0.29, 0.717) is 5.75 Å². The second kappa shape index (κ2) is 5.37. The number of hydrogen-bond donors (Lipinski definition) is 0. The Hall–Kier alpha value is -1.59. The second-order valence-corrected chi connectivity index (χ2v) is 3.94. The molecule has 0 saturated carbocycles. The van der Waals surface area contributed by atoms with E-state index in [4.69, 9.17) is 4.74 Å². The SMILES string of the molecule is CC(C)Oc1ccc(C(=O)C(F)(F)C(F)F)cc1. The first-order valence-corrected chi connectivity index (χ1v) is 5.22. The summed E-state index contributed by atoms with van der Waals surface area (Å²) in [4.78, 5) is 11.2. The number of alkyl halides is 4. The lowest BCUT2D eigenvalue weighted by Gasteiger charge is -2.14. The van der Waals surface area contributed by atoms with Crippen LogP contribution in [0.4, 0.5) is 17.6 Å². The highest BCUT2D eigenvalue weighted by Crippen LogP contribution is 2.28. The number of hydrogen-bond acceptors (Lipinski definition) is 2. The third-order valence-corrected chi connectivity index (χ3v) is 2.07. The van der Waals surface area contributed by atoms with Gasteiger partial charge in [-0.1, -0.05) is 0 Å². The van der Waals surface area contributed by atoms with Gasteiger partial charge in [0, 0.05) is 5.56 Å². The average molecular weight is 264 g/mol. The quantitative estimate of drug-likeness (QED) is 0.600. The Morgan fingerprint density at radius 2 is 1.67 bits per heavy atom. The minimum atomic E-state index is -4.67. The fraction of sp³-hybridized carbons (Fsp3) is 0.417. The van der Waals surface area contributed by atoms with Crippen molar-refractivity contribution in [1.29, 1.82) is 0 Å². The van der Waals surface area contributed by atoms with E-state index in [1.54, 1.807) is 13.8 Å². The molecule has 1 rings (SSSR count). The van der Waals surface area contributed by atoms with Crippen LogP contribution < -0.4 is 4.74 Å². The molecule has 2 nitrogen and oxygen atoms in total. The standard InChI is InChI=1S/C12H12F4O2/c1-7(2)18-9-5-3-8(4-6-9)10(17)12(15,16)11(13)14/h3-7,11H,1-2H3. The van der Waals surface area contributed by atoms with Crippen LogP contribution in [0.2, 0.25) is 0 Å². The van der Waals surface area contributed by atoms with Crippen molar-refractivity contribution in [2.24, 2.45) is 0 Å². The van der Waals surface area contributed by atoms with Crippen molar-refractivity contribution in [3.63, 3.8) is 0 Å². The van der Waals surface area contributed by atoms with Gasteiger partial charge < -0.3 is 4.74 Å². The molecule has 0 unspecified atom stereocenters. The third kappa shape index (κ3) is 3.21. The summed E-state index contributed by atoms with van der Waals surface area (Å²) < 4.78 is 54.9. The van der Waals surface area contributed by atoms with E-state index >= 15 is 0 Å². The lowest BCUT2D eigenvalue weighted by molar-refractivity contribution is -0.0958. The number of halogens is 4. The van der Waals surface area contributed by atoms with Crippen molar-refractivity contribution in [2.45, 2.75) is 32.3 Å². The molecule has 0 aliphatic carbocycles. The van der Waals surface area contributed by atoms with E-state index in [2.05, 4.69) is 0 Å². The van der Waals surface area contributed by atoms with Crippen molar-refractivity contribution < 1.29 is 27.1 Å². The molecule has 0 saturated heterocycles. The zero-order valence-electron chi connectivity index (χ0n) is 9.79. The summed E-state index contributed by atoms with van der Waals surface area (Å²) >= 11 is 0. The molecule has 100 valence electrons. The molecule has 0 radical (unpaired) electrons. The Morgan fingerprint density at radius 3 is 2.06 bits per heavy atom. The van der Waals surface area contributed by atoms with Gasteiger partial charge in [-0.05, 0) is 38.1 Å². The van der Waals surface area contributed by atoms with Crippen LogP contribution in [-0.4, -0.2) is 24.2 Å². The maximum Gasteiger partial charge on any atom is 0.368 e.